The molecule has 0 fully saturated rings. The summed E-state index contributed by atoms with van der Waals surface area (Å²) in [6.45, 7) is 6.66. The van der Waals surface area contributed by atoms with Gasteiger partial charge in [-0.1, -0.05) is 295 Å². The van der Waals surface area contributed by atoms with Gasteiger partial charge in [0.2, 0.25) is 0 Å². The first-order valence-electron chi connectivity index (χ1n) is 32.5. The highest BCUT2D eigenvalue weighted by Gasteiger charge is 2.19. The zero-order valence-corrected chi connectivity index (χ0v) is 49.2. The summed E-state index contributed by atoms with van der Waals surface area (Å²) in [6.07, 6.45) is 75.8. The van der Waals surface area contributed by atoms with Crippen molar-refractivity contribution in [2.45, 2.75) is 361 Å². The normalized spacial score (nSPS) is 12.2. The number of ether oxygens (including phenoxy) is 3. The molecule has 0 amide bonds. The summed E-state index contributed by atoms with van der Waals surface area (Å²) in [5.74, 6) is -0.861. The minimum absolute atomic E-state index is 0.0721. The summed E-state index contributed by atoms with van der Waals surface area (Å²) in [6, 6.07) is 0. The molecule has 0 rings (SSSR count). The lowest BCUT2D eigenvalue weighted by molar-refractivity contribution is -0.167. The Balaban J connectivity index is 4.29. The van der Waals surface area contributed by atoms with Gasteiger partial charge in [0.15, 0.2) is 6.10 Å². The van der Waals surface area contributed by atoms with Crippen LogP contribution >= 0.6 is 0 Å². The van der Waals surface area contributed by atoms with E-state index in [1.165, 1.54) is 244 Å². The molecule has 0 N–H and O–H groups in total. The van der Waals surface area contributed by atoms with E-state index < -0.39 is 6.10 Å². The molecule has 0 aromatic heterocycles. The second kappa shape index (κ2) is 62.2. The molecule has 0 spiro atoms. The first-order valence-corrected chi connectivity index (χ1v) is 32.5. The summed E-state index contributed by atoms with van der Waals surface area (Å²) in [5, 5.41) is 0. The minimum atomic E-state index is -0.776. The van der Waals surface area contributed by atoms with Gasteiger partial charge >= 0.3 is 17.9 Å². The number of allylic oxidation sites excluding steroid dienone is 6. The van der Waals surface area contributed by atoms with Crippen molar-refractivity contribution in [3.8, 4) is 0 Å². The van der Waals surface area contributed by atoms with Crippen LogP contribution in [0, 0.1) is 0 Å². The highest BCUT2D eigenvalue weighted by Crippen LogP contribution is 2.18. The molecule has 0 radical (unpaired) electrons. The smallest absolute Gasteiger partial charge is 0.306 e. The van der Waals surface area contributed by atoms with Gasteiger partial charge in [0.25, 0.3) is 0 Å². The van der Waals surface area contributed by atoms with Crippen LogP contribution in [0.5, 0.6) is 0 Å². The maximum Gasteiger partial charge on any atom is 0.306 e. The molecule has 0 aliphatic carbocycles. The van der Waals surface area contributed by atoms with Crippen LogP contribution in [0.1, 0.15) is 355 Å². The summed E-state index contributed by atoms with van der Waals surface area (Å²) >= 11 is 0. The van der Waals surface area contributed by atoms with Gasteiger partial charge in [-0.05, 0) is 77.0 Å². The zero-order chi connectivity index (χ0) is 52.9. The Bertz CT molecular complexity index is 1220. The van der Waals surface area contributed by atoms with Crippen LogP contribution in [-0.4, -0.2) is 37.2 Å². The summed E-state index contributed by atoms with van der Waals surface area (Å²) in [5.41, 5.74) is 0. The van der Waals surface area contributed by atoms with Crippen molar-refractivity contribution in [1.29, 1.82) is 0 Å². The van der Waals surface area contributed by atoms with Crippen molar-refractivity contribution in [3.05, 3.63) is 36.5 Å². The van der Waals surface area contributed by atoms with E-state index in [-0.39, 0.29) is 31.1 Å². The maximum atomic E-state index is 12.9. The first kappa shape index (κ1) is 70.6. The van der Waals surface area contributed by atoms with E-state index in [0.717, 1.165) is 70.6 Å². The highest BCUT2D eigenvalue weighted by molar-refractivity contribution is 5.71. The zero-order valence-electron chi connectivity index (χ0n) is 49.2. The molecular weight excluding hydrogens is 901 g/mol. The number of hydrogen-bond acceptors (Lipinski definition) is 6. The van der Waals surface area contributed by atoms with Crippen LogP contribution in [0.3, 0.4) is 0 Å². The second-order valence-corrected chi connectivity index (χ2v) is 22.0. The van der Waals surface area contributed by atoms with E-state index in [4.69, 9.17) is 14.2 Å². The van der Waals surface area contributed by atoms with Crippen LogP contribution in [-0.2, 0) is 28.6 Å². The number of carbonyl (C=O) groups excluding carboxylic acids is 3. The van der Waals surface area contributed by atoms with E-state index >= 15 is 0 Å². The Kier molecular flexibility index (Phi) is 60.2. The number of unbranched alkanes of at least 4 members (excludes halogenated alkanes) is 43. The summed E-state index contributed by atoms with van der Waals surface area (Å²) < 4.78 is 16.9. The third-order valence-electron chi connectivity index (χ3n) is 14.6. The predicted molar refractivity (Wildman–Crippen MR) is 316 cm³/mol. The molecule has 6 nitrogen and oxygen atoms in total. The van der Waals surface area contributed by atoms with Gasteiger partial charge in [-0.3, -0.25) is 14.4 Å². The predicted octanol–water partition coefficient (Wildman–Crippen LogP) is 22.0. The molecule has 428 valence electrons. The quantitative estimate of drug-likeness (QED) is 0.0261. The lowest BCUT2D eigenvalue weighted by Crippen LogP contribution is -2.30. The Labute approximate surface area is 455 Å². The largest absolute Gasteiger partial charge is 0.462 e. The Morgan fingerprint density at radius 3 is 0.795 bits per heavy atom. The third-order valence-corrected chi connectivity index (χ3v) is 14.6. The van der Waals surface area contributed by atoms with Crippen LogP contribution in [0.2, 0.25) is 0 Å². The minimum Gasteiger partial charge on any atom is -0.462 e. The van der Waals surface area contributed by atoms with Gasteiger partial charge in [-0.15, -0.1) is 0 Å². The topological polar surface area (TPSA) is 78.9 Å². The fourth-order valence-electron chi connectivity index (χ4n) is 9.71. The first-order chi connectivity index (χ1) is 36.0. The van der Waals surface area contributed by atoms with E-state index in [1.807, 2.05) is 0 Å². The average molecular weight is 1030 g/mol. The molecule has 0 aromatic rings. The molecule has 0 heterocycles. The molecule has 1 atom stereocenters. The monoisotopic (exact) mass is 1020 g/mol. The van der Waals surface area contributed by atoms with Crippen molar-refractivity contribution in [3.63, 3.8) is 0 Å². The van der Waals surface area contributed by atoms with Gasteiger partial charge in [-0.25, -0.2) is 0 Å². The molecular formula is C67H124O6. The molecule has 73 heavy (non-hydrogen) atoms. The standard InChI is InChI=1S/C67H124O6/c1-4-7-10-13-16-19-22-25-28-30-32-33-34-36-37-39-42-45-48-51-54-57-60-66(69)72-63-64(62-71-65(68)59-56-53-50-47-44-41-27-24-21-18-15-12-9-6-3)73-67(70)61-58-55-52-49-46-43-40-38-35-31-29-26-23-20-17-14-11-8-5-2/h17,20,24,26-27,29,64H,4-16,18-19,21-23,25,28,30-63H2,1-3H3/b20-17-,27-24-,29-26-. The van der Waals surface area contributed by atoms with Crippen LogP contribution in [0.25, 0.3) is 0 Å². The van der Waals surface area contributed by atoms with Crippen LogP contribution in [0.15, 0.2) is 36.5 Å². The number of rotatable bonds is 60. The van der Waals surface area contributed by atoms with Crippen molar-refractivity contribution in [2.24, 2.45) is 0 Å². The number of hydrogen-bond donors (Lipinski definition) is 0. The Morgan fingerprint density at radius 2 is 0.493 bits per heavy atom. The number of carbonyl (C=O) groups is 3. The van der Waals surface area contributed by atoms with Gasteiger partial charge in [0, 0.05) is 19.3 Å². The Morgan fingerprint density at radius 1 is 0.274 bits per heavy atom. The van der Waals surface area contributed by atoms with Gasteiger partial charge < -0.3 is 14.2 Å². The lowest BCUT2D eigenvalue weighted by atomic mass is 10.0. The summed E-state index contributed by atoms with van der Waals surface area (Å²) in [4.78, 5) is 38.3. The SMILES string of the molecule is CCCCC/C=C\C/C=C\CCCCCCCCCCCC(=O)OC(COC(=O)CCCCCCC/C=C\CCCCCCC)COC(=O)CCCCCCCCCCCCCCCCCCCCCCCC. The fourth-order valence-corrected chi connectivity index (χ4v) is 9.71. The van der Waals surface area contributed by atoms with Crippen molar-refractivity contribution in [1.82, 2.24) is 0 Å². The van der Waals surface area contributed by atoms with E-state index in [0.29, 0.717) is 19.3 Å². The molecule has 0 saturated carbocycles. The van der Waals surface area contributed by atoms with Crippen molar-refractivity contribution < 1.29 is 28.6 Å². The average Bonchev–Trinajstić information content (AvgIpc) is 3.39. The molecule has 6 heteroatoms. The third kappa shape index (κ3) is 60.4. The van der Waals surface area contributed by atoms with E-state index in [1.54, 1.807) is 0 Å². The van der Waals surface area contributed by atoms with E-state index in [9.17, 15) is 14.4 Å². The summed E-state index contributed by atoms with van der Waals surface area (Å²) in [7, 11) is 0. The molecule has 0 aromatic carbocycles. The van der Waals surface area contributed by atoms with Crippen LogP contribution < -0.4 is 0 Å². The molecule has 1 unspecified atom stereocenters. The second-order valence-electron chi connectivity index (χ2n) is 22.0. The molecule has 0 aliphatic rings. The van der Waals surface area contributed by atoms with Gasteiger partial charge in [0.05, 0.1) is 0 Å². The molecule has 0 aliphatic heterocycles. The van der Waals surface area contributed by atoms with Crippen molar-refractivity contribution in [2.75, 3.05) is 13.2 Å². The van der Waals surface area contributed by atoms with Gasteiger partial charge in [0.1, 0.15) is 13.2 Å². The number of esters is 3. The Hall–Kier alpha value is -2.37. The maximum absolute atomic E-state index is 12.9. The fraction of sp³-hybridized carbons (Fsp3) is 0.866. The highest BCUT2D eigenvalue weighted by atomic mass is 16.6. The lowest BCUT2D eigenvalue weighted by Gasteiger charge is -2.18. The van der Waals surface area contributed by atoms with Gasteiger partial charge in [-0.2, -0.15) is 0 Å². The molecule has 0 bridgehead atoms. The van der Waals surface area contributed by atoms with Crippen molar-refractivity contribution >= 4 is 17.9 Å². The van der Waals surface area contributed by atoms with Crippen LogP contribution in [0.4, 0.5) is 0 Å². The van der Waals surface area contributed by atoms with E-state index in [2.05, 4.69) is 57.2 Å². The molecule has 0 saturated heterocycles.